The topological polar surface area (TPSA) is 66.4 Å². The van der Waals surface area contributed by atoms with E-state index in [2.05, 4.69) is 5.32 Å². The number of Topliss-reactive ketones (excluding diaryl/α,β-unsaturated/α-hetero) is 1. The van der Waals surface area contributed by atoms with Crippen molar-refractivity contribution >= 4 is 17.4 Å². The number of carbonyl (C=O) groups excluding carboxylic acids is 2. The van der Waals surface area contributed by atoms with Gasteiger partial charge in [-0.2, -0.15) is 0 Å². The predicted octanol–water partition coefficient (Wildman–Crippen LogP) is 1.52. The van der Waals surface area contributed by atoms with E-state index in [-0.39, 0.29) is 24.7 Å². The second kappa shape index (κ2) is 5.42. The van der Waals surface area contributed by atoms with E-state index < -0.39 is 0 Å². The molecule has 0 aliphatic carbocycles. The van der Waals surface area contributed by atoms with Gasteiger partial charge in [0.05, 0.1) is 12.3 Å². The number of rotatable bonds is 4. The van der Waals surface area contributed by atoms with Crippen molar-refractivity contribution in [2.75, 3.05) is 11.9 Å². The molecule has 2 N–H and O–H groups in total. The van der Waals surface area contributed by atoms with Gasteiger partial charge in [0.1, 0.15) is 0 Å². The Morgan fingerprint density at radius 1 is 1.38 bits per heavy atom. The van der Waals surface area contributed by atoms with Gasteiger partial charge in [0.2, 0.25) is 5.91 Å². The van der Waals surface area contributed by atoms with Gasteiger partial charge in [-0.25, -0.2) is 0 Å². The van der Waals surface area contributed by atoms with Crippen molar-refractivity contribution in [2.24, 2.45) is 0 Å². The van der Waals surface area contributed by atoms with Crippen molar-refractivity contribution in [1.29, 1.82) is 0 Å². The number of nitrogens with one attached hydrogen (secondary N) is 1. The summed E-state index contributed by atoms with van der Waals surface area (Å²) in [4.78, 5) is 22.6. The summed E-state index contributed by atoms with van der Waals surface area (Å²) < 4.78 is 0. The number of aliphatic hydroxyl groups is 1. The van der Waals surface area contributed by atoms with E-state index >= 15 is 0 Å². The number of ketones is 1. The molecule has 1 rings (SSSR count). The highest BCUT2D eigenvalue weighted by molar-refractivity contribution is 6.04. The Kier molecular flexibility index (Phi) is 4.19. The molecule has 86 valence electrons. The van der Waals surface area contributed by atoms with Gasteiger partial charge in [-0.05, 0) is 19.1 Å². The van der Waals surface area contributed by atoms with Crippen LogP contribution in [0.4, 0.5) is 5.69 Å². The lowest BCUT2D eigenvalue weighted by Gasteiger charge is -2.09. The zero-order valence-corrected chi connectivity index (χ0v) is 9.41. The minimum Gasteiger partial charge on any atom is -0.396 e. The number of benzene rings is 1. The number of anilines is 1. The lowest BCUT2D eigenvalue weighted by molar-refractivity contribution is -0.114. The number of aryl methyl sites for hydroxylation is 1. The first kappa shape index (κ1) is 12.4. The molecule has 1 aromatic carbocycles. The average molecular weight is 221 g/mol. The summed E-state index contributed by atoms with van der Waals surface area (Å²) in [6, 6.07) is 5.23. The Morgan fingerprint density at radius 2 is 2.06 bits per heavy atom. The van der Waals surface area contributed by atoms with Crippen molar-refractivity contribution in [3.63, 3.8) is 0 Å². The molecular formula is C12H15NO3. The molecule has 1 aromatic rings. The average Bonchev–Trinajstić information content (AvgIpc) is 2.20. The van der Waals surface area contributed by atoms with Crippen LogP contribution in [0.2, 0.25) is 0 Å². The highest BCUT2D eigenvalue weighted by Gasteiger charge is 2.11. The fraction of sp³-hybridized carbons (Fsp3) is 0.333. The normalized spacial score (nSPS) is 9.94. The van der Waals surface area contributed by atoms with Crippen molar-refractivity contribution < 1.29 is 14.7 Å². The van der Waals surface area contributed by atoms with Crippen LogP contribution in [-0.4, -0.2) is 23.4 Å². The molecule has 4 heteroatoms. The first-order valence-corrected chi connectivity index (χ1v) is 5.07. The van der Waals surface area contributed by atoms with E-state index in [1.54, 1.807) is 12.1 Å². The maximum Gasteiger partial charge on any atom is 0.221 e. The summed E-state index contributed by atoms with van der Waals surface area (Å²) in [6.07, 6.45) is 0.0655. The van der Waals surface area contributed by atoms with Gasteiger partial charge in [-0.3, -0.25) is 9.59 Å². The smallest absolute Gasteiger partial charge is 0.221 e. The van der Waals surface area contributed by atoms with Gasteiger partial charge in [0.15, 0.2) is 5.78 Å². The molecule has 0 fully saturated rings. The molecule has 0 aromatic heterocycles. The Labute approximate surface area is 94.3 Å². The van der Waals surface area contributed by atoms with Crippen molar-refractivity contribution in [1.82, 2.24) is 0 Å². The van der Waals surface area contributed by atoms with Crippen LogP contribution in [0.15, 0.2) is 18.2 Å². The third kappa shape index (κ3) is 3.17. The largest absolute Gasteiger partial charge is 0.396 e. The maximum atomic E-state index is 11.7. The van der Waals surface area contributed by atoms with Crippen molar-refractivity contribution in [2.45, 2.75) is 20.3 Å². The molecule has 0 aliphatic heterocycles. The molecule has 0 saturated heterocycles. The molecule has 0 aliphatic rings. The van der Waals surface area contributed by atoms with Crippen LogP contribution in [0.1, 0.15) is 29.3 Å². The van der Waals surface area contributed by atoms with Crippen molar-refractivity contribution in [3.05, 3.63) is 29.3 Å². The summed E-state index contributed by atoms with van der Waals surface area (Å²) in [5.41, 5.74) is 1.89. The van der Waals surface area contributed by atoms with Crippen LogP contribution in [0, 0.1) is 6.92 Å². The molecule has 16 heavy (non-hydrogen) atoms. The lowest BCUT2D eigenvalue weighted by atomic mass is 10.0. The van der Waals surface area contributed by atoms with Gasteiger partial charge in [-0.15, -0.1) is 0 Å². The molecule has 1 amide bonds. The van der Waals surface area contributed by atoms with Crippen molar-refractivity contribution in [3.8, 4) is 0 Å². The van der Waals surface area contributed by atoms with Crippen LogP contribution in [0.3, 0.4) is 0 Å². The minimum atomic E-state index is -0.220. The highest BCUT2D eigenvalue weighted by atomic mass is 16.3. The van der Waals surface area contributed by atoms with E-state index in [4.69, 9.17) is 5.11 Å². The quantitative estimate of drug-likeness (QED) is 0.757. The van der Waals surface area contributed by atoms with E-state index in [1.807, 2.05) is 13.0 Å². The molecule has 0 spiro atoms. The summed E-state index contributed by atoms with van der Waals surface area (Å²) >= 11 is 0. The minimum absolute atomic E-state index is 0.0655. The molecule has 4 nitrogen and oxygen atoms in total. The van der Waals surface area contributed by atoms with Crippen LogP contribution < -0.4 is 5.32 Å². The SMILES string of the molecule is CC(=O)Nc1ccc(C)cc1C(=O)CCO. The number of hydrogen-bond donors (Lipinski definition) is 2. The third-order valence-electron chi connectivity index (χ3n) is 2.13. The predicted molar refractivity (Wildman–Crippen MR) is 61.5 cm³/mol. The molecule has 0 unspecified atom stereocenters. The third-order valence-corrected chi connectivity index (χ3v) is 2.13. The summed E-state index contributed by atoms with van der Waals surface area (Å²) in [5.74, 6) is -0.392. The number of hydrogen-bond acceptors (Lipinski definition) is 3. The van der Waals surface area contributed by atoms with E-state index in [0.717, 1.165) is 5.56 Å². The molecule has 0 atom stereocenters. The van der Waals surface area contributed by atoms with Crippen LogP contribution in [0.25, 0.3) is 0 Å². The van der Waals surface area contributed by atoms with Gasteiger partial charge in [-0.1, -0.05) is 11.6 Å². The van der Waals surface area contributed by atoms with Gasteiger partial charge in [0.25, 0.3) is 0 Å². The fourth-order valence-corrected chi connectivity index (χ4v) is 1.42. The Hall–Kier alpha value is -1.68. The van der Waals surface area contributed by atoms with Crippen LogP contribution >= 0.6 is 0 Å². The molecule has 0 radical (unpaired) electrons. The summed E-state index contributed by atoms with van der Waals surface area (Å²) in [5, 5.41) is 11.3. The summed E-state index contributed by atoms with van der Waals surface area (Å²) in [6.45, 7) is 3.07. The van der Waals surface area contributed by atoms with Crippen LogP contribution in [-0.2, 0) is 4.79 Å². The Balaban J connectivity index is 3.07. The highest BCUT2D eigenvalue weighted by Crippen LogP contribution is 2.19. The lowest BCUT2D eigenvalue weighted by Crippen LogP contribution is -2.12. The van der Waals surface area contributed by atoms with E-state index in [9.17, 15) is 9.59 Å². The second-order valence-electron chi connectivity index (χ2n) is 3.63. The fourth-order valence-electron chi connectivity index (χ4n) is 1.42. The Bertz CT molecular complexity index is 413. The molecule has 0 heterocycles. The first-order chi connectivity index (χ1) is 7.54. The number of aliphatic hydroxyl groups excluding tert-OH is 1. The van der Waals surface area contributed by atoms with Gasteiger partial charge < -0.3 is 10.4 Å². The molecular weight excluding hydrogens is 206 g/mol. The summed E-state index contributed by atoms with van der Waals surface area (Å²) in [7, 11) is 0. The zero-order valence-electron chi connectivity index (χ0n) is 9.41. The maximum absolute atomic E-state index is 11.7. The van der Waals surface area contributed by atoms with Crippen LogP contribution in [0.5, 0.6) is 0 Å². The van der Waals surface area contributed by atoms with E-state index in [0.29, 0.717) is 11.3 Å². The number of carbonyl (C=O) groups is 2. The first-order valence-electron chi connectivity index (χ1n) is 5.07. The monoisotopic (exact) mass is 221 g/mol. The Morgan fingerprint density at radius 3 is 2.62 bits per heavy atom. The second-order valence-corrected chi connectivity index (χ2v) is 3.63. The van der Waals surface area contributed by atoms with E-state index in [1.165, 1.54) is 6.92 Å². The van der Waals surface area contributed by atoms with Gasteiger partial charge in [0, 0.05) is 18.9 Å². The molecule has 0 saturated carbocycles. The van der Waals surface area contributed by atoms with Gasteiger partial charge >= 0.3 is 0 Å². The zero-order chi connectivity index (χ0) is 12.1. The molecule has 0 bridgehead atoms. The standard InChI is InChI=1S/C12H15NO3/c1-8-3-4-11(13-9(2)15)10(7-8)12(16)5-6-14/h3-4,7,14H,5-6H2,1-2H3,(H,13,15). The number of amides is 1.